The number of hydrogen-bond acceptors (Lipinski definition) is 5. The van der Waals surface area contributed by atoms with Crippen LogP contribution in [0.3, 0.4) is 0 Å². The van der Waals surface area contributed by atoms with Gasteiger partial charge in [-0.15, -0.1) is 0 Å². The summed E-state index contributed by atoms with van der Waals surface area (Å²) in [5.41, 5.74) is 1.69. The first-order valence-corrected chi connectivity index (χ1v) is 9.23. The first-order chi connectivity index (χ1) is 12.2. The normalized spacial score (nSPS) is 23.1. The summed E-state index contributed by atoms with van der Waals surface area (Å²) in [7, 11) is 0. The Labute approximate surface area is 147 Å². The van der Waals surface area contributed by atoms with Gasteiger partial charge in [0.05, 0.1) is 12.1 Å². The number of carbonyl (C=O) groups excluding carboxylic acids is 1. The number of ether oxygens (including phenoxy) is 1. The average Bonchev–Trinajstić information content (AvgIpc) is 3.31. The van der Waals surface area contributed by atoms with Crippen molar-refractivity contribution in [2.24, 2.45) is 5.92 Å². The van der Waals surface area contributed by atoms with Gasteiger partial charge in [0.15, 0.2) is 5.58 Å². The predicted molar refractivity (Wildman–Crippen MR) is 95.5 cm³/mol. The Hall–Kier alpha value is -2.08. The molecule has 1 amide bonds. The Bertz CT molecular complexity index is 697. The number of para-hydroxylation sites is 2. The molecule has 1 N–H and O–H groups in total. The minimum atomic E-state index is 0.0597. The highest BCUT2D eigenvalue weighted by molar-refractivity contribution is 5.79. The molecule has 0 radical (unpaired) electrons. The Kier molecular flexibility index (Phi) is 4.61. The molecule has 2 fully saturated rings. The number of piperidine rings is 1. The van der Waals surface area contributed by atoms with E-state index in [0.29, 0.717) is 6.01 Å². The van der Waals surface area contributed by atoms with Crippen molar-refractivity contribution in [1.29, 1.82) is 0 Å². The third-order valence-corrected chi connectivity index (χ3v) is 5.31. The van der Waals surface area contributed by atoms with Crippen molar-refractivity contribution >= 4 is 23.0 Å². The van der Waals surface area contributed by atoms with Crippen molar-refractivity contribution in [3.8, 4) is 0 Å². The number of benzene rings is 1. The summed E-state index contributed by atoms with van der Waals surface area (Å²) < 4.78 is 11.5. The second-order valence-corrected chi connectivity index (χ2v) is 7.07. The van der Waals surface area contributed by atoms with Gasteiger partial charge in [0.1, 0.15) is 5.52 Å². The molecule has 2 atom stereocenters. The van der Waals surface area contributed by atoms with Gasteiger partial charge in [0.2, 0.25) is 5.91 Å². The minimum Gasteiger partial charge on any atom is -0.423 e. The van der Waals surface area contributed by atoms with E-state index in [1.807, 2.05) is 31.2 Å². The summed E-state index contributed by atoms with van der Waals surface area (Å²) >= 11 is 0. The number of fused-ring (bicyclic) bond motifs is 1. The van der Waals surface area contributed by atoms with Crippen LogP contribution in [0.5, 0.6) is 0 Å². The molecule has 0 unspecified atom stereocenters. The van der Waals surface area contributed by atoms with Gasteiger partial charge < -0.3 is 19.4 Å². The molecule has 134 valence electrons. The fourth-order valence-electron chi connectivity index (χ4n) is 3.76. The number of nitrogens with zero attached hydrogens (tertiary/aromatic N) is 2. The lowest BCUT2D eigenvalue weighted by Gasteiger charge is -2.31. The van der Waals surface area contributed by atoms with Gasteiger partial charge in [0, 0.05) is 25.6 Å². The lowest BCUT2D eigenvalue weighted by molar-refractivity contribution is -0.127. The third kappa shape index (κ3) is 3.49. The quantitative estimate of drug-likeness (QED) is 0.924. The number of carbonyl (C=O) groups is 1. The molecule has 0 bridgehead atoms. The van der Waals surface area contributed by atoms with Gasteiger partial charge in [-0.1, -0.05) is 12.1 Å². The first kappa shape index (κ1) is 16.4. The van der Waals surface area contributed by atoms with Crippen LogP contribution in [0.4, 0.5) is 6.01 Å². The molecule has 2 aliphatic heterocycles. The molecule has 6 heteroatoms. The maximum Gasteiger partial charge on any atom is 0.298 e. The Balaban J connectivity index is 1.32. The zero-order valence-electron chi connectivity index (χ0n) is 14.6. The standard InChI is InChI=1S/C19H25N3O3/c1-13(16-7-4-12-24-16)20-18(23)14-8-10-22(11-9-14)19-21-15-5-2-3-6-17(15)25-19/h2-3,5-6,13-14,16H,4,7-12H2,1H3,(H,20,23)/t13-,16+/m0/s1. The molecule has 1 aromatic heterocycles. The monoisotopic (exact) mass is 343 g/mol. The maximum atomic E-state index is 12.5. The van der Waals surface area contributed by atoms with Crippen LogP contribution in [0.1, 0.15) is 32.6 Å². The number of hydrogen-bond donors (Lipinski definition) is 1. The highest BCUT2D eigenvalue weighted by Gasteiger charge is 2.30. The highest BCUT2D eigenvalue weighted by Crippen LogP contribution is 2.26. The molecular formula is C19H25N3O3. The van der Waals surface area contributed by atoms with E-state index in [4.69, 9.17) is 9.15 Å². The van der Waals surface area contributed by atoms with E-state index in [0.717, 1.165) is 56.5 Å². The zero-order valence-corrected chi connectivity index (χ0v) is 14.6. The average molecular weight is 343 g/mol. The van der Waals surface area contributed by atoms with E-state index in [1.165, 1.54) is 0 Å². The van der Waals surface area contributed by atoms with Crippen molar-refractivity contribution in [2.45, 2.75) is 44.8 Å². The Morgan fingerprint density at radius 3 is 2.80 bits per heavy atom. The molecule has 1 aromatic carbocycles. The molecule has 0 spiro atoms. The minimum absolute atomic E-state index is 0.0597. The number of rotatable bonds is 4. The molecule has 2 saturated heterocycles. The summed E-state index contributed by atoms with van der Waals surface area (Å²) in [5, 5.41) is 3.15. The van der Waals surface area contributed by atoms with Crippen LogP contribution in [0.15, 0.2) is 28.7 Å². The first-order valence-electron chi connectivity index (χ1n) is 9.23. The molecule has 0 aliphatic carbocycles. The highest BCUT2D eigenvalue weighted by atomic mass is 16.5. The molecule has 0 saturated carbocycles. The van der Waals surface area contributed by atoms with Gasteiger partial charge in [-0.05, 0) is 44.7 Å². The Morgan fingerprint density at radius 1 is 1.28 bits per heavy atom. The number of nitrogens with one attached hydrogen (secondary N) is 1. The van der Waals surface area contributed by atoms with E-state index in [9.17, 15) is 4.79 Å². The molecule has 2 aromatic rings. The van der Waals surface area contributed by atoms with E-state index < -0.39 is 0 Å². The molecule has 2 aliphatic rings. The summed E-state index contributed by atoms with van der Waals surface area (Å²) in [4.78, 5) is 19.2. The molecule has 4 rings (SSSR count). The second kappa shape index (κ2) is 7.04. The SMILES string of the molecule is C[C@H](NC(=O)C1CCN(c2nc3ccccc3o2)CC1)[C@H]1CCCO1. The van der Waals surface area contributed by atoms with Gasteiger partial charge >= 0.3 is 0 Å². The molecule has 6 nitrogen and oxygen atoms in total. The molecule has 25 heavy (non-hydrogen) atoms. The number of amides is 1. The summed E-state index contributed by atoms with van der Waals surface area (Å²) in [5.74, 6) is 0.213. The smallest absolute Gasteiger partial charge is 0.298 e. The van der Waals surface area contributed by atoms with Crippen LogP contribution < -0.4 is 10.2 Å². The van der Waals surface area contributed by atoms with Crippen molar-refractivity contribution in [1.82, 2.24) is 10.3 Å². The van der Waals surface area contributed by atoms with Crippen LogP contribution in [-0.2, 0) is 9.53 Å². The summed E-state index contributed by atoms with van der Waals surface area (Å²) in [6, 6.07) is 8.54. The molecular weight excluding hydrogens is 318 g/mol. The number of oxazole rings is 1. The van der Waals surface area contributed by atoms with E-state index in [1.54, 1.807) is 0 Å². The fraction of sp³-hybridized carbons (Fsp3) is 0.579. The third-order valence-electron chi connectivity index (χ3n) is 5.31. The topological polar surface area (TPSA) is 67.6 Å². The summed E-state index contributed by atoms with van der Waals surface area (Å²) in [6.07, 6.45) is 3.94. The predicted octanol–water partition coefficient (Wildman–Crippen LogP) is 2.73. The summed E-state index contributed by atoms with van der Waals surface area (Å²) in [6.45, 7) is 4.44. The van der Waals surface area contributed by atoms with Crippen molar-refractivity contribution in [3.05, 3.63) is 24.3 Å². The lowest BCUT2D eigenvalue weighted by Crippen LogP contribution is -2.46. The van der Waals surface area contributed by atoms with Gasteiger partial charge in [-0.3, -0.25) is 4.79 Å². The van der Waals surface area contributed by atoms with Crippen molar-refractivity contribution in [2.75, 3.05) is 24.6 Å². The van der Waals surface area contributed by atoms with Gasteiger partial charge in [-0.25, -0.2) is 0 Å². The van der Waals surface area contributed by atoms with Crippen LogP contribution >= 0.6 is 0 Å². The van der Waals surface area contributed by atoms with Crippen molar-refractivity contribution in [3.63, 3.8) is 0 Å². The van der Waals surface area contributed by atoms with Crippen LogP contribution in [0.2, 0.25) is 0 Å². The maximum absolute atomic E-state index is 12.5. The fourth-order valence-corrected chi connectivity index (χ4v) is 3.76. The van der Waals surface area contributed by atoms with Crippen molar-refractivity contribution < 1.29 is 13.9 Å². The number of aromatic nitrogens is 1. The van der Waals surface area contributed by atoms with Gasteiger partial charge in [-0.2, -0.15) is 4.98 Å². The van der Waals surface area contributed by atoms with Crippen LogP contribution in [0.25, 0.3) is 11.1 Å². The largest absolute Gasteiger partial charge is 0.423 e. The van der Waals surface area contributed by atoms with E-state index in [2.05, 4.69) is 15.2 Å². The molecule has 3 heterocycles. The number of anilines is 1. The van der Waals surface area contributed by atoms with E-state index in [-0.39, 0.29) is 24.0 Å². The van der Waals surface area contributed by atoms with Gasteiger partial charge in [0.25, 0.3) is 6.01 Å². The van der Waals surface area contributed by atoms with Crippen LogP contribution in [-0.4, -0.2) is 42.7 Å². The van der Waals surface area contributed by atoms with E-state index >= 15 is 0 Å². The second-order valence-electron chi connectivity index (χ2n) is 7.07. The zero-order chi connectivity index (χ0) is 17.2. The lowest BCUT2D eigenvalue weighted by atomic mass is 9.95. The van der Waals surface area contributed by atoms with Crippen LogP contribution in [0, 0.1) is 5.92 Å². The Morgan fingerprint density at radius 2 is 2.08 bits per heavy atom.